The van der Waals surface area contributed by atoms with Gasteiger partial charge in [-0.1, -0.05) is 114 Å². The molecule has 0 unspecified atom stereocenters. The van der Waals surface area contributed by atoms with Gasteiger partial charge in [-0.2, -0.15) is 0 Å². The monoisotopic (exact) mass is 546 g/mol. The predicted molar refractivity (Wildman–Crippen MR) is 178 cm³/mol. The highest BCUT2D eigenvalue weighted by Gasteiger charge is 2.19. The van der Waals surface area contributed by atoms with Crippen LogP contribution >= 0.6 is 15.8 Å². The Hall–Kier alpha value is -1.48. The molecule has 0 aliphatic rings. The van der Waals surface area contributed by atoms with Gasteiger partial charge >= 0.3 is 0 Å². The summed E-state index contributed by atoms with van der Waals surface area (Å²) in [6.45, 7) is 9.43. The van der Waals surface area contributed by atoms with Gasteiger partial charge in [0, 0.05) is 0 Å². The van der Waals surface area contributed by atoms with Crippen molar-refractivity contribution in [3.63, 3.8) is 0 Å². The summed E-state index contributed by atoms with van der Waals surface area (Å²) in [5.74, 6) is 0. The molecule has 3 aromatic rings. The van der Waals surface area contributed by atoms with E-state index < -0.39 is 0 Å². The summed E-state index contributed by atoms with van der Waals surface area (Å²) in [4.78, 5) is 0. The summed E-state index contributed by atoms with van der Waals surface area (Å²) in [5, 5.41) is 0. The van der Waals surface area contributed by atoms with Crippen LogP contribution in [0, 0.1) is 0 Å². The molecular weight excluding hydrogens is 494 g/mol. The molecule has 2 heteroatoms. The fraction of sp³-hybridized carbons (Fsp3) is 0.500. The molecule has 206 valence electrons. The molecule has 0 nitrogen and oxygen atoms in total. The maximum atomic E-state index is 2.63. The number of benzene rings is 3. The summed E-state index contributed by atoms with van der Waals surface area (Å²) in [7, 11) is 0.100. The van der Waals surface area contributed by atoms with Crippen LogP contribution in [-0.4, -0.2) is 24.6 Å². The highest BCUT2D eigenvalue weighted by molar-refractivity contribution is 7.57. The van der Waals surface area contributed by atoms with Crippen LogP contribution in [0.1, 0.15) is 90.2 Å². The molecule has 0 spiro atoms. The van der Waals surface area contributed by atoms with E-state index in [0.717, 1.165) is 0 Å². The normalized spacial score (nSPS) is 11.5. The molecule has 0 atom stereocenters. The van der Waals surface area contributed by atoms with Crippen LogP contribution in [0.3, 0.4) is 0 Å². The van der Waals surface area contributed by atoms with Crippen LogP contribution in [0.5, 0.6) is 0 Å². The van der Waals surface area contributed by atoms with Gasteiger partial charge in [-0.05, 0) is 108 Å². The third-order valence-corrected chi connectivity index (χ3v) is 13.0. The van der Waals surface area contributed by atoms with Crippen molar-refractivity contribution >= 4 is 15.8 Å². The Kier molecular flexibility index (Phi) is 14.7. The summed E-state index contributed by atoms with van der Waals surface area (Å²) in [6.07, 6.45) is 19.2. The minimum Gasteiger partial charge on any atom is -0.102 e. The lowest BCUT2D eigenvalue weighted by atomic mass is 9.91. The van der Waals surface area contributed by atoms with Gasteiger partial charge in [0.2, 0.25) is 0 Å². The molecule has 0 heterocycles. The second-order valence-electron chi connectivity index (χ2n) is 10.9. The first-order valence-electron chi connectivity index (χ1n) is 15.4. The third kappa shape index (κ3) is 9.92. The van der Waals surface area contributed by atoms with Gasteiger partial charge in [-0.3, -0.25) is 0 Å². The molecule has 0 aromatic heterocycles. The summed E-state index contributed by atoms with van der Waals surface area (Å²) in [6, 6.07) is 27.5. The van der Waals surface area contributed by atoms with Gasteiger partial charge in [-0.25, -0.2) is 0 Å². The standard InChI is InChI=1S/C36H52P2/c1-5-9-23-37(24-10-6-2)29-33-27-35(31-19-15-13-16-20-31)36(32-21-17-14-18-22-32)28-34(33)30-38(25-11-7-3)26-12-8-4/h13-22,27-28H,5-12,23-26,29-30H2,1-4H3. The average Bonchev–Trinajstić information content (AvgIpc) is 2.97. The Morgan fingerprint density at radius 2 is 0.763 bits per heavy atom. The van der Waals surface area contributed by atoms with Crippen LogP contribution in [0.2, 0.25) is 0 Å². The molecule has 0 saturated carbocycles. The van der Waals surface area contributed by atoms with Crippen LogP contribution in [-0.2, 0) is 12.3 Å². The number of rotatable bonds is 18. The zero-order valence-corrected chi connectivity index (χ0v) is 26.5. The van der Waals surface area contributed by atoms with Crippen molar-refractivity contribution in [3.05, 3.63) is 83.9 Å². The maximum Gasteiger partial charge on any atom is -0.00700 e. The minimum absolute atomic E-state index is 0.0502. The first-order chi connectivity index (χ1) is 18.7. The molecule has 0 aliphatic heterocycles. The second-order valence-corrected chi connectivity index (χ2v) is 16.0. The molecular formula is C36H52P2. The smallest absolute Gasteiger partial charge is 0.00700 e. The second kappa shape index (κ2) is 18.0. The van der Waals surface area contributed by atoms with E-state index >= 15 is 0 Å². The van der Waals surface area contributed by atoms with E-state index in [2.05, 4.69) is 100 Å². The van der Waals surface area contributed by atoms with Gasteiger partial charge in [0.25, 0.3) is 0 Å². The van der Waals surface area contributed by atoms with E-state index in [-0.39, 0.29) is 15.8 Å². The van der Waals surface area contributed by atoms with E-state index in [4.69, 9.17) is 0 Å². The lowest BCUT2D eigenvalue weighted by molar-refractivity contribution is 0.863. The van der Waals surface area contributed by atoms with E-state index in [9.17, 15) is 0 Å². The Bertz CT molecular complexity index is 927. The number of hydrogen-bond acceptors (Lipinski definition) is 0. The molecule has 3 aromatic carbocycles. The summed E-state index contributed by atoms with van der Waals surface area (Å²) >= 11 is 0. The number of hydrogen-bond donors (Lipinski definition) is 0. The van der Waals surface area contributed by atoms with Crippen molar-refractivity contribution in [2.24, 2.45) is 0 Å². The third-order valence-electron chi connectivity index (χ3n) is 7.61. The molecule has 0 bridgehead atoms. The van der Waals surface area contributed by atoms with Crippen molar-refractivity contribution in [1.29, 1.82) is 0 Å². The molecule has 38 heavy (non-hydrogen) atoms. The SMILES string of the molecule is CCCCP(CCCC)Cc1cc(-c2ccccc2)c(-c2ccccc2)cc1CP(CCCC)CCCC. The highest BCUT2D eigenvalue weighted by Crippen LogP contribution is 2.48. The van der Waals surface area contributed by atoms with Crippen LogP contribution in [0.25, 0.3) is 22.3 Å². The molecule has 3 rings (SSSR count). The fourth-order valence-electron chi connectivity index (χ4n) is 5.25. The first kappa shape index (κ1) is 31.1. The molecule has 0 N–H and O–H groups in total. The Labute approximate surface area is 237 Å². The lowest BCUT2D eigenvalue weighted by Gasteiger charge is -2.25. The predicted octanol–water partition coefficient (Wildman–Crippen LogP) is 12.2. The molecule has 0 aliphatic carbocycles. The van der Waals surface area contributed by atoms with Crippen molar-refractivity contribution in [2.45, 2.75) is 91.4 Å². The fourth-order valence-corrected chi connectivity index (χ4v) is 10.9. The van der Waals surface area contributed by atoms with Gasteiger partial charge in [0.05, 0.1) is 0 Å². The first-order valence-corrected chi connectivity index (χ1v) is 19.2. The van der Waals surface area contributed by atoms with Crippen molar-refractivity contribution in [3.8, 4) is 22.3 Å². The van der Waals surface area contributed by atoms with Crippen molar-refractivity contribution < 1.29 is 0 Å². The Morgan fingerprint density at radius 1 is 0.447 bits per heavy atom. The summed E-state index contributed by atoms with van der Waals surface area (Å²) in [5.41, 5.74) is 8.88. The average molecular weight is 547 g/mol. The van der Waals surface area contributed by atoms with E-state index in [1.807, 2.05) is 0 Å². The quantitative estimate of drug-likeness (QED) is 0.139. The molecule has 0 fully saturated rings. The minimum atomic E-state index is 0.0502. The maximum absolute atomic E-state index is 2.63. The topological polar surface area (TPSA) is 0 Å². The van der Waals surface area contributed by atoms with Gasteiger partial charge in [-0.15, -0.1) is 15.8 Å². The van der Waals surface area contributed by atoms with Crippen LogP contribution in [0.15, 0.2) is 72.8 Å². The molecule has 0 radical (unpaired) electrons. The van der Waals surface area contributed by atoms with E-state index in [0.29, 0.717) is 0 Å². The van der Waals surface area contributed by atoms with Gasteiger partial charge < -0.3 is 0 Å². The Balaban J connectivity index is 2.11. The van der Waals surface area contributed by atoms with Crippen molar-refractivity contribution in [2.75, 3.05) is 24.6 Å². The highest BCUT2D eigenvalue weighted by atomic mass is 31.1. The molecule has 0 saturated heterocycles. The Morgan fingerprint density at radius 3 is 1.05 bits per heavy atom. The van der Waals surface area contributed by atoms with Crippen LogP contribution in [0.4, 0.5) is 0 Å². The summed E-state index contributed by atoms with van der Waals surface area (Å²) < 4.78 is 0. The van der Waals surface area contributed by atoms with Gasteiger partial charge in [0.1, 0.15) is 0 Å². The zero-order valence-electron chi connectivity index (χ0n) is 24.7. The number of unbranched alkanes of at least 4 members (excludes halogenated alkanes) is 4. The van der Waals surface area contributed by atoms with E-state index in [1.54, 1.807) is 11.1 Å². The zero-order chi connectivity index (χ0) is 27.0. The van der Waals surface area contributed by atoms with Gasteiger partial charge in [0.15, 0.2) is 0 Å². The van der Waals surface area contributed by atoms with Crippen LogP contribution < -0.4 is 0 Å². The lowest BCUT2D eigenvalue weighted by Crippen LogP contribution is -2.03. The molecule has 0 amide bonds. The van der Waals surface area contributed by atoms with Crippen molar-refractivity contribution in [1.82, 2.24) is 0 Å². The largest absolute Gasteiger partial charge is 0.102 e. The van der Waals surface area contributed by atoms with E-state index in [1.165, 1.54) is 111 Å².